The average Bonchev–Trinajstić information content (AvgIpc) is 3.57. The van der Waals surface area contributed by atoms with Gasteiger partial charge in [0.25, 0.3) is 0 Å². The van der Waals surface area contributed by atoms with E-state index in [0.717, 1.165) is 29.7 Å². The molecule has 7 rings (SSSR count). The number of halogens is 2. The van der Waals surface area contributed by atoms with Crippen LogP contribution in [-0.2, 0) is 4.79 Å². The molecule has 0 spiro atoms. The number of para-hydroxylation sites is 1. The fraction of sp³-hybridized carbons (Fsp3) is 0.379. The van der Waals surface area contributed by atoms with Gasteiger partial charge in [0.05, 0.1) is 23.4 Å². The first-order chi connectivity index (χ1) is 19.4. The highest BCUT2D eigenvalue weighted by Gasteiger charge is 2.46. The molecule has 206 valence electrons. The molecule has 0 radical (unpaired) electrons. The highest BCUT2D eigenvalue weighted by atomic mass is 19.3. The third-order valence-corrected chi connectivity index (χ3v) is 8.67. The highest BCUT2D eigenvalue weighted by Crippen LogP contribution is 2.47. The molecule has 1 saturated heterocycles. The number of fused-ring (bicyclic) bond motifs is 5. The predicted molar refractivity (Wildman–Crippen MR) is 140 cm³/mol. The molecule has 2 N–H and O–H groups in total. The number of ether oxygens (including phenoxy) is 1. The monoisotopic (exact) mass is 547 g/mol. The smallest absolute Gasteiger partial charge is 0.387 e. The predicted octanol–water partition coefficient (Wildman–Crippen LogP) is 4.51. The van der Waals surface area contributed by atoms with E-state index >= 15 is 0 Å². The summed E-state index contributed by atoms with van der Waals surface area (Å²) in [6, 6.07) is 10.4. The van der Waals surface area contributed by atoms with Crippen LogP contribution in [0.3, 0.4) is 0 Å². The second-order valence-electron chi connectivity index (χ2n) is 10.9. The summed E-state index contributed by atoms with van der Waals surface area (Å²) in [5.41, 5.74) is 4.10. The second-order valence-corrected chi connectivity index (χ2v) is 10.9. The summed E-state index contributed by atoms with van der Waals surface area (Å²) in [4.78, 5) is 27.6. The van der Waals surface area contributed by atoms with Crippen molar-refractivity contribution in [3.8, 4) is 16.9 Å². The van der Waals surface area contributed by atoms with Crippen LogP contribution in [0.4, 0.5) is 14.7 Å². The van der Waals surface area contributed by atoms with Crippen molar-refractivity contribution in [2.75, 3.05) is 18.0 Å². The molecule has 1 aromatic carbocycles. The van der Waals surface area contributed by atoms with Crippen LogP contribution in [-0.4, -0.2) is 55.2 Å². The summed E-state index contributed by atoms with van der Waals surface area (Å²) in [5.74, 6) is -0.464. The molecule has 0 amide bonds. The largest absolute Gasteiger partial charge is 0.481 e. The fourth-order valence-electron chi connectivity index (χ4n) is 6.96. The molecule has 3 aliphatic rings. The number of alkyl halides is 2. The Morgan fingerprint density at radius 1 is 1.02 bits per heavy atom. The van der Waals surface area contributed by atoms with Crippen molar-refractivity contribution in [2.45, 2.75) is 37.9 Å². The number of anilines is 1. The minimum atomic E-state index is -2.96. The Bertz CT molecular complexity index is 1580. The highest BCUT2D eigenvalue weighted by molar-refractivity contribution is 5.72. The number of aromatic nitrogens is 4. The van der Waals surface area contributed by atoms with E-state index in [4.69, 9.17) is 4.74 Å². The van der Waals surface area contributed by atoms with Crippen molar-refractivity contribution < 1.29 is 28.5 Å². The first-order valence-corrected chi connectivity index (χ1v) is 13.4. The SMILES string of the molecule is O=C(O)C1[C@@H]2CC[C@H]1CN(c1ncc(-c3ccc4nc5c(n4c3)[C@@H](c3ccccc3OC(F)F)CC5O)cn1)C2. The quantitative estimate of drug-likeness (QED) is 0.363. The van der Waals surface area contributed by atoms with Gasteiger partial charge in [0, 0.05) is 54.3 Å². The molecular weight excluding hydrogens is 520 g/mol. The van der Waals surface area contributed by atoms with Gasteiger partial charge in [0.15, 0.2) is 0 Å². The number of aliphatic hydroxyl groups is 1. The average molecular weight is 548 g/mol. The van der Waals surface area contributed by atoms with Gasteiger partial charge in [-0.2, -0.15) is 8.78 Å². The van der Waals surface area contributed by atoms with Gasteiger partial charge >= 0.3 is 12.6 Å². The molecule has 9 nitrogen and oxygen atoms in total. The second kappa shape index (κ2) is 9.51. The van der Waals surface area contributed by atoms with Gasteiger partial charge in [-0.3, -0.25) is 4.79 Å². The maximum absolute atomic E-state index is 13.1. The van der Waals surface area contributed by atoms with Crippen LogP contribution in [0.15, 0.2) is 55.0 Å². The lowest BCUT2D eigenvalue weighted by atomic mass is 9.85. The van der Waals surface area contributed by atoms with E-state index in [1.807, 2.05) is 22.7 Å². The normalized spacial score (nSPS) is 25.5. The fourth-order valence-corrected chi connectivity index (χ4v) is 6.96. The number of aliphatic carboxylic acids is 1. The van der Waals surface area contributed by atoms with Gasteiger partial charge in [0.2, 0.25) is 5.95 Å². The van der Waals surface area contributed by atoms with Crippen molar-refractivity contribution in [3.63, 3.8) is 0 Å². The number of carboxylic acid groups (broad SMARTS) is 1. The first kappa shape index (κ1) is 24.9. The molecule has 1 aliphatic heterocycles. The van der Waals surface area contributed by atoms with E-state index in [-0.39, 0.29) is 29.4 Å². The van der Waals surface area contributed by atoms with Gasteiger partial charge in [0.1, 0.15) is 11.4 Å². The van der Waals surface area contributed by atoms with E-state index in [1.165, 1.54) is 6.07 Å². The number of nitrogens with zero attached hydrogens (tertiary/aromatic N) is 5. The maximum Gasteiger partial charge on any atom is 0.387 e. The van der Waals surface area contributed by atoms with Crippen molar-refractivity contribution in [1.29, 1.82) is 0 Å². The van der Waals surface area contributed by atoms with Crippen LogP contribution in [0.1, 0.15) is 48.2 Å². The number of hydrogen-bond acceptors (Lipinski definition) is 7. The molecule has 1 saturated carbocycles. The zero-order valence-corrected chi connectivity index (χ0v) is 21.4. The Kier molecular flexibility index (Phi) is 5.92. The van der Waals surface area contributed by atoms with Crippen LogP contribution in [0.5, 0.6) is 5.75 Å². The molecule has 2 bridgehead atoms. The van der Waals surface area contributed by atoms with Gasteiger partial charge in [-0.25, -0.2) is 15.0 Å². The first-order valence-electron chi connectivity index (χ1n) is 13.4. The molecule has 2 aliphatic carbocycles. The summed E-state index contributed by atoms with van der Waals surface area (Å²) in [7, 11) is 0. The summed E-state index contributed by atoms with van der Waals surface area (Å²) in [6.45, 7) is -1.68. The minimum absolute atomic E-state index is 0.0819. The van der Waals surface area contributed by atoms with Crippen molar-refractivity contribution in [3.05, 3.63) is 71.9 Å². The lowest BCUT2D eigenvalue weighted by Gasteiger charge is -2.35. The third kappa shape index (κ3) is 4.07. The number of carboxylic acids is 1. The van der Waals surface area contributed by atoms with Gasteiger partial charge in [-0.1, -0.05) is 18.2 Å². The number of aliphatic hydroxyl groups excluding tert-OH is 1. The van der Waals surface area contributed by atoms with Crippen molar-refractivity contribution >= 4 is 17.6 Å². The summed E-state index contributed by atoms with van der Waals surface area (Å²) in [5, 5.41) is 20.4. The number of piperidine rings is 1. The molecule has 4 aromatic rings. The van der Waals surface area contributed by atoms with E-state index in [2.05, 4.69) is 19.9 Å². The number of pyridine rings is 1. The molecule has 40 heavy (non-hydrogen) atoms. The number of benzene rings is 1. The molecular formula is C29H27F2N5O4. The van der Waals surface area contributed by atoms with Crippen molar-refractivity contribution in [1.82, 2.24) is 19.4 Å². The molecule has 4 heterocycles. The van der Waals surface area contributed by atoms with Crippen LogP contribution in [0.25, 0.3) is 16.8 Å². The molecule has 11 heteroatoms. The maximum atomic E-state index is 13.1. The van der Waals surface area contributed by atoms with Gasteiger partial charge in [-0.05, 0) is 49.3 Å². The van der Waals surface area contributed by atoms with Crippen LogP contribution in [0, 0.1) is 17.8 Å². The Morgan fingerprint density at radius 3 is 2.45 bits per heavy atom. The van der Waals surface area contributed by atoms with Gasteiger partial charge < -0.3 is 24.3 Å². The third-order valence-electron chi connectivity index (χ3n) is 8.67. The molecule has 2 unspecified atom stereocenters. The zero-order valence-electron chi connectivity index (χ0n) is 21.4. The van der Waals surface area contributed by atoms with E-state index in [0.29, 0.717) is 42.4 Å². The summed E-state index contributed by atoms with van der Waals surface area (Å²) >= 11 is 0. The molecule has 3 aromatic heterocycles. The van der Waals surface area contributed by atoms with E-state index in [9.17, 15) is 23.8 Å². The van der Waals surface area contributed by atoms with Crippen molar-refractivity contribution in [2.24, 2.45) is 17.8 Å². The van der Waals surface area contributed by atoms with Crippen LogP contribution >= 0.6 is 0 Å². The standard InChI is InChI=1S/C29H27F2N5O4/c30-28(31)40-22-4-2-1-3-19(22)20-9-21(37)25-26(20)36-14-15(7-8-23(36)34-25)18-10-32-29(33-11-18)35-12-16-5-6-17(13-35)24(16)27(38)39/h1-4,7-8,10-11,14,16-17,20-21,24,28,37H,5-6,9,12-13H2,(H,38,39)/t16-,17+,20-,21?,24?/m1/s1. The number of hydrogen-bond donors (Lipinski definition) is 2. The number of imidazole rings is 1. The summed E-state index contributed by atoms with van der Waals surface area (Å²) < 4.78 is 32.9. The van der Waals surface area contributed by atoms with E-state index in [1.54, 1.807) is 30.6 Å². The lowest BCUT2D eigenvalue weighted by Crippen LogP contribution is -2.45. The Balaban J connectivity index is 1.20. The van der Waals surface area contributed by atoms with Crippen LogP contribution < -0.4 is 9.64 Å². The number of rotatable bonds is 6. The zero-order chi connectivity index (χ0) is 27.5. The Labute approximate surface area is 228 Å². The van der Waals surface area contributed by atoms with Gasteiger partial charge in [-0.15, -0.1) is 0 Å². The molecule has 2 fully saturated rings. The van der Waals surface area contributed by atoms with Crippen LogP contribution in [0.2, 0.25) is 0 Å². The summed E-state index contributed by atoms with van der Waals surface area (Å²) in [6.07, 6.45) is 6.73. The lowest BCUT2D eigenvalue weighted by molar-refractivity contribution is -0.144. The Morgan fingerprint density at radius 2 is 1.75 bits per heavy atom. The topological polar surface area (TPSA) is 113 Å². The van der Waals surface area contributed by atoms with E-state index < -0.39 is 18.7 Å². The molecule has 5 atom stereocenters. The number of carbonyl (C=O) groups is 1. The minimum Gasteiger partial charge on any atom is -0.481 e. The Hall–Kier alpha value is -4.12.